The van der Waals surface area contributed by atoms with E-state index in [1.165, 1.54) is 11.3 Å². The van der Waals surface area contributed by atoms with Gasteiger partial charge in [0.2, 0.25) is 0 Å². The Hall–Kier alpha value is -1.92. The number of rotatable bonds is 5. The van der Waals surface area contributed by atoms with Gasteiger partial charge in [0, 0.05) is 24.7 Å². The molecule has 6 heteroatoms. The molecular weight excluding hydrogens is 346 g/mol. The summed E-state index contributed by atoms with van der Waals surface area (Å²) in [5.74, 6) is 0.971. The number of piperidine rings is 1. The molecule has 0 N–H and O–H groups in total. The molecule has 1 aliphatic rings. The minimum absolute atomic E-state index is 0.120. The number of aromatic nitrogens is 1. The highest BCUT2D eigenvalue weighted by molar-refractivity contribution is 7.17. The lowest BCUT2D eigenvalue weighted by Gasteiger charge is -2.35. The summed E-state index contributed by atoms with van der Waals surface area (Å²) in [4.78, 5) is 22.6. The fourth-order valence-electron chi connectivity index (χ4n) is 3.31. The van der Waals surface area contributed by atoms with Gasteiger partial charge in [0.25, 0.3) is 5.91 Å². The van der Waals surface area contributed by atoms with Crippen molar-refractivity contribution in [3.05, 3.63) is 34.8 Å². The van der Waals surface area contributed by atoms with Gasteiger partial charge in [-0.1, -0.05) is 0 Å². The number of hydrogen-bond acceptors (Lipinski definition) is 5. The van der Waals surface area contributed by atoms with Crippen LogP contribution in [-0.2, 0) is 0 Å². The number of nitrogens with zero attached hydrogens (tertiary/aromatic N) is 3. The molecule has 1 fully saturated rings. The number of amides is 1. The summed E-state index contributed by atoms with van der Waals surface area (Å²) in [5, 5.41) is 0.886. The monoisotopic (exact) mass is 373 g/mol. The number of aryl methyl sites for hydroxylation is 1. The van der Waals surface area contributed by atoms with Gasteiger partial charge >= 0.3 is 0 Å². The van der Waals surface area contributed by atoms with Gasteiger partial charge < -0.3 is 14.5 Å². The quantitative estimate of drug-likeness (QED) is 0.802. The van der Waals surface area contributed by atoms with Crippen LogP contribution in [0.2, 0.25) is 0 Å². The smallest absolute Gasteiger partial charge is 0.265 e. The Morgan fingerprint density at radius 1 is 1.27 bits per heavy atom. The van der Waals surface area contributed by atoms with Crippen molar-refractivity contribution in [1.82, 2.24) is 14.8 Å². The average molecular weight is 374 g/mol. The lowest BCUT2D eigenvalue weighted by Crippen LogP contribution is -2.44. The highest BCUT2D eigenvalue weighted by atomic mass is 32.1. The number of benzene rings is 1. The molecule has 0 aliphatic carbocycles. The molecule has 0 atom stereocenters. The molecule has 1 aromatic carbocycles. The van der Waals surface area contributed by atoms with E-state index in [0.29, 0.717) is 12.6 Å². The lowest BCUT2D eigenvalue weighted by atomic mass is 10.0. The van der Waals surface area contributed by atoms with Gasteiger partial charge in [-0.2, -0.15) is 0 Å². The van der Waals surface area contributed by atoms with E-state index < -0.39 is 0 Å². The first-order chi connectivity index (χ1) is 12.5. The molecule has 1 saturated heterocycles. The summed E-state index contributed by atoms with van der Waals surface area (Å²) >= 11 is 1.49. The van der Waals surface area contributed by atoms with E-state index in [-0.39, 0.29) is 5.91 Å². The maximum Gasteiger partial charge on any atom is 0.265 e. The van der Waals surface area contributed by atoms with Crippen LogP contribution in [0.3, 0.4) is 0 Å². The molecule has 0 unspecified atom stereocenters. The SMILES string of the molecule is CCOc1ccc(-c2nc(C)c(C(=O)N3CCC(N(C)C)CC3)s2)cc1. The normalized spacial score (nSPS) is 15.5. The van der Waals surface area contributed by atoms with Crippen LogP contribution >= 0.6 is 11.3 Å². The minimum atomic E-state index is 0.120. The highest BCUT2D eigenvalue weighted by Gasteiger charge is 2.27. The second kappa shape index (κ2) is 8.18. The fraction of sp³-hybridized carbons (Fsp3) is 0.500. The van der Waals surface area contributed by atoms with Crippen LogP contribution < -0.4 is 4.74 Å². The first kappa shape index (κ1) is 18.9. The summed E-state index contributed by atoms with van der Waals surface area (Å²) in [6.07, 6.45) is 2.06. The van der Waals surface area contributed by atoms with Crippen molar-refractivity contribution < 1.29 is 9.53 Å². The standard InChI is InChI=1S/C20H27N3O2S/c1-5-25-17-8-6-15(7-9-17)19-21-14(2)18(26-19)20(24)23-12-10-16(11-13-23)22(3)4/h6-9,16H,5,10-13H2,1-4H3. The third-order valence-electron chi connectivity index (χ3n) is 4.89. The molecule has 0 bridgehead atoms. The minimum Gasteiger partial charge on any atom is -0.494 e. The van der Waals surface area contributed by atoms with Crippen LogP contribution in [0.1, 0.15) is 35.1 Å². The topological polar surface area (TPSA) is 45.7 Å². The van der Waals surface area contributed by atoms with Crippen LogP contribution in [0.15, 0.2) is 24.3 Å². The zero-order chi connectivity index (χ0) is 18.7. The van der Waals surface area contributed by atoms with E-state index in [1.54, 1.807) is 0 Å². The molecule has 0 spiro atoms. The van der Waals surface area contributed by atoms with Gasteiger partial charge in [-0.25, -0.2) is 4.98 Å². The van der Waals surface area contributed by atoms with Crippen LogP contribution in [0.25, 0.3) is 10.6 Å². The summed E-state index contributed by atoms with van der Waals surface area (Å²) < 4.78 is 5.49. The number of hydrogen-bond donors (Lipinski definition) is 0. The van der Waals surface area contributed by atoms with E-state index >= 15 is 0 Å². The lowest BCUT2D eigenvalue weighted by molar-refractivity contribution is 0.0667. The summed E-state index contributed by atoms with van der Waals surface area (Å²) in [5.41, 5.74) is 1.84. The van der Waals surface area contributed by atoms with Crippen LogP contribution in [0.5, 0.6) is 5.75 Å². The van der Waals surface area contributed by atoms with Crippen molar-refractivity contribution in [2.24, 2.45) is 0 Å². The zero-order valence-electron chi connectivity index (χ0n) is 16.0. The molecule has 1 aromatic heterocycles. The Kier molecular flexibility index (Phi) is 5.94. The summed E-state index contributed by atoms with van der Waals surface area (Å²) in [6, 6.07) is 8.47. The average Bonchev–Trinajstić information content (AvgIpc) is 3.04. The van der Waals surface area contributed by atoms with E-state index in [4.69, 9.17) is 4.74 Å². The number of carbonyl (C=O) groups excluding carboxylic acids is 1. The molecule has 2 heterocycles. The van der Waals surface area contributed by atoms with Gasteiger partial charge in [-0.3, -0.25) is 4.79 Å². The summed E-state index contributed by atoms with van der Waals surface area (Å²) in [6.45, 7) is 6.18. The molecule has 140 valence electrons. The Morgan fingerprint density at radius 3 is 2.50 bits per heavy atom. The highest BCUT2D eigenvalue weighted by Crippen LogP contribution is 2.30. The molecule has 1 amide bonds. The Balaban J connectivity index is 1.72. The zero-order valence-corrected chi connectivity index (χ0v) is 16.8. The Morgan fingerprint density at radius 2 is 1.92 bits per heavy atom. The van der Waals surface area contributed by atoms with Crippen molar-refractivity contribution in [2.75, 3.05) is 33.8 Å². The number of ether oxygens (including phenoxy) is 1. The molecule has 26 heavy (non-hydrogen) atoms. The second-order valence-electron chi connectivity index (χ2n) is 6.88. The van der Waals surface area contributed by atoms with Crippen LogP contribution in [-0.4, -0.2) is 60.5 Å². The van der Waals surface area contributed by atoms with Gasteiger partial charge in [0.05, 0.1) is 12.3 Å². The van der Waals surface area contributed by atoms with Crippen molar-refractivity contribution in [3.63, 3.8) is 0 Å². The molecule has 0 saturated carbocycles. The van der Waals surface area contributed by atoms with E-state index in [0.717, 1.165) is 52.8 Å². The molecule has 2 aromatic rings. The van der Waals surface area contributed by atoms with Crippen molar-refractivity contribution in [2.45, 2.75) is 32.7 Å². The third-order valence-corrected chi connectivity index (χ3v) is 6.08. The fourth-order valence-corrected chi connectivity index (χ4v) is 4.35. The molecule has 0 radical (unpaired) electrons. The molecular formula is C20H27N3O2S. The van der Waals surface area contributed by atoms with E-state index in [1.807, 2.05) is 43.0 Å². The predicted molar refractivity (Wildman–Crippen MR) is 106 cm³/mol. The van der Waals surface area contributed by atoms with Gasteiger partial charge in [-0.15, -0.1) is 11.3 Å². The van der Waals surface area contributed by atoms with E-state index in [9.17, 15) is 4.79 Å². The maximum atomic E-state index is 12.9. The Labute approximate surface area is 159 Å². The molecule has 1 aliphatic heterocycles. The number of thiazole rings is 1. The first-order valence-corrected chi connectivity index (χ1v) is 9.97. The summed E-state index contributed by atoms with van der Waals surface area (Å²) in [7, 11) is 4.22. The van der Waals surface area contributed by atoms with Gasteiger partial charge in [-0.05, 0) is 65.0 Å². The number of likely N-dealkylation sites (tertiary alicyclic amines) is 1. The van der Waals surface area contributed by atoms with Crippen molar-refractivity contribution in [3.8, 4) is 16.3 Å². The van der Waals surface area contributed by atoms with Crippen LogP contribution in [0.4, 0.5) is 0 Å². The third kappa shape index (κ3) is 4.07. The van der Waals surface area contributed by atoms with Crippen molar-refractivity contribution >= 4 is 17.2 Å². The molecule has 3 rings (SSSR count). The number of carbonyl (C=O) groups is 1. The van der Waals surface area contributed by atoms with Crippen molar-refractivity contribution in [1.29, 1.82) is 0 Å². The Bertz CT molecular complexity index is 747. The van der Waals surface area contributed by atoms with E-state index in [2.05, 4.69) is 24.0 Å². The predicted octanol–water partition coefficient (Wildman–Crippen LogP) is 3.68. The molecule has 5 nitrogen and oxygen atoms in total. The van der Waals surface area contributed by atoms with Crippen LogP contribution in [0, 0.1) is 6.92 Å². The first-order valence-electron chi connectivity index (χ1n) is 9.16. The second-order valence-corrected chi connectivity index (χ2v) is 7.88. The van der Waals surface area contributed by atoms with Gasteiger partial charge in [0.15, 0.2) is 0 Å². The maximum absolute atomic E-state index is 12.9. The largest absolute Gasteiger partial charge is 0.494 e. The van der Waals surface area contributed by atoms with Gasteiger partial charge in [0.1, 0.15) is 15.6 Å².